The summed E-state index contributed by atoms with van der Waals surface area (Å²) in [5.41, 5.74) is 8.85. The summed E-state index contributed by atoms with van der Waals surface area (Å²) in [4.78, 5) is 39.6. The number of benzene rings is 1. The van der Waals surface area contributed by atoms with E-state index in [1.54, 1.807) is 0 Å². The van der Waals surface area contributed by atoms with Crippen molar-refractivity contribution in [3.05, 3.63) is 30.1 Å². The lowest BCUT2D eigenvalue weighted by atomic mass is 9.91. The lowest BCUT2D eigenvalue weighted by Crippen LogP contribution is -2.42. The van der Waals surface area contributed by atoms with Crippen LogP contribution in [0.25, 0.3) is 11.2 Å². The largest absolute Gasteiger partial charge is 0.464 e. The summed E-state index contributed by atoms with van der Waals surface area (Å²) in [6, 6.07) is 5.86. The van der Waals surface area contributed by atoms with E-state index in [0.717, 1.165) is 47.9 Å². The lowest BCUT2D eigenvalue weighted by Gasteiger charge is -2.30. The fourth-order valence-electron chi connectivity index (χ4n) is 4.96. The fourth-order valence-corrected chi connectivity index (χ4v) is 4.96. The number of rotatable bonds is 4. The predicted molar refractivity (Wildman–Crippen MR) is 139 cm³/mol. The van der Waals surface area contributed by atoms with Crippen LogP contribution < -0.4 is 21.3 Å². The number of nitrogens with one attached hydrogen (secondary N) is 2. The van der Waals surface area contributed by atoms with Crippen molar-refractivity contribution in [1.82, 2.24) is 24.8 Å². The highest BCUT2D eigenvalue weighted by atomic mass is 16.6. The minimum atomic E-state index is -1.17. The molecule has 12 heteroatoms. The second-order valence-corrected chi connectivity index (χ2v) is 10.6. The molecule has 2 aromatic heterocycles. The number of amides is 1. The highest BCUT2D eigenvalue weighted by Crippen LogP contribution is 2.38. The summed E-state index contributed by atoms with van der Waals surface area (Å²) < 4.78 is 6.37. The Bertz CT molecular complexity index is 1340. The SMILES string of the molecule is CC(C)(C)OC(=O)N[C@H]1CC[C@H](Nc2nc(N3CCc4cc(N)ccc43)c3ncn(C(=O)O)c3n2)CC1. The molecule has 37 heavy (non-hydrogen) atoms. The summed E-state index contributed by atoms with van der Waals surface area (Å²) in [6.45, 7) is 6.19. The van der Waals surface area contributed by atoms with Crippen LogP contribution in [-0.2, 0) is 11.2 Å². The van der Waals surface area contributed by atoms with E-state index in [1.165, 1.54) is 6.33 Å². The Balaban J connectivity index is 1.36. The van der Waals surface area contributed by atoms with E-state index in [-0.39, 0.29) is 17.7 Å². The molecule has 0 atom stereocenters. The molecule has 0 radical (unpaired) electrons. The molecule has 12 nitrogen and oxygen atoms in total. The molecule has 5 rings (SSSR count). The van der Waals surface area contributed by atoms with E-state index in [9.17, 15) is 14.7 Å². The second-order valence-electron chi connectivity index (χ2n) is 10.6. The molecule has 3 aromatic rings. The average molecular weight is 509 g/mol. The Labute approximate surface area is 214 Å². The molecule has 1 aliphatic heterocycles. The van der Waals surface area contributed by atoms with E-state index in [2.05, 4.69) is 20.6 Å². The van der Waals surface area contributed by atoms with Gasteiger partial charge in [0.2, 0.25) is 5.95 Å². The van der Waals surface area contributed by atoms with Crippen molar-refractivity contribution >= 4 is 46.5 Å². The molecule has 0 bridgehead atoms. The highest BCUT2D eigenvalue weighted by Gasteiger charge is 2.29. The van der Waals surface area contributed by atoms with Crippen LogP contribution in [0.15, 0.2) is 24.5 Å². The molecular formula is C25H32N8O4. The summed E-state index contributed by atoms with van der Waals surface area (Å²) in [6.07, 6.45) is 3.62. The number of carboxylic acid groups (broad SMARTS) is 1. The Kier molecular flexibility index (Phi) is 6.26. The normalized spacial score (nSPS) is 19.5. The first-order chi connectivity index (χ1) is 17.6. The van der Waals surface area contributed by atoms with E-state index in [1.807, 2.05) is 43.9 Å². The number of carbonyl (C=O) groups is 2. The molecule has 5 N–H and O–H groups in total. The van der Waals surface area contributed by atoms with Gasteiger partial charge in [-0.1, -0.05) is 0 Å². The number of ether oxygens (including phenoxy) is 1. The van der Waals surface area contributed by atoms with Crippen LogP contribution in [-0.4, -0.2) is 61.0 Å². The van der Waals surface area contributed by atoms with Gasteiger partial charge in [0.1, 0.15) is 11.9 Å². The van der Waals surface area contributed by atoms with Crippen molar-refractivity contribution in [1.29, 1.82) is 0 Å². The van der Waals surface area contributed by atoms with Gasteiger partial charge in [-0.25, -0.2) is 19.1 Å². The number of nitrogens with two attached hydrogens (primary N) is 1. The number of aromatic nitrogens is 4. The Morgan fingerprint density at radius 2 is 1.86 bits per heavy atom. The molecule has 3 heterocycles. The second kappa shape index (κ2) is 9.41. The molecular weight excluding hydrogens is 476 g/mol. The zero-order valence-electron chi connectivity index (χ0n) is 21.2. The van der Waals surface area contributed by atoms with Gasteiger partial charge in [0, 0.05) is 30.0 Å². The van der Waals surface area contributed by atoms with Crippen molar-refractivity contribution < 1.29 is 19.4 Å². The number of imidazole rings is 1. The number of alkyl carbamates (subject to hydrolysis) is 1. The third-order valence-corrected chi connectivity index (χ3v) is 6.62. The maximum Gasteiger partial charge on any atom is 0.418 e. The number of carbonyl (C=O) groups excluding carboxylic acids is 1. The number of hydrogen-bond donors (Lipinski definition) is 4. The van der Waals surface area contributed by atoms with E-state index >= 15 is 0 Å². The van der Waals surface area contributed by atoms with Crippen molar-refractivity contribution in [3.63, 3.8) is 0 Å². The first-order valence-corrected chi connectivity index (χ1v) is 12.5. The molecule has 1 aromatic carbocycles. The molecule has 0 spiro atoms. The number of nitrogens with zero attached hydrogens (tertiary/aromatic N) is 5. The van der Waals surface area contributed by atoms with Gasteiger partial charge >= 0.3 is 12.2 Å². The topological polar surface area (TPSA) is 161 Å². The quantitative estimate of drug-likeness (QED) is 0.381. The maximum absolute atomic E-state index is 12.1. The summed E-state index contributed by atoms with van der Waals surface area (Å²) in [5, 5.41) is 16.0. The van der Waals surface area contributed by atoms with E-state index in [0.29, 0.717) is 29.5 Å². The van der Waals surface area contributed by atoms with Crippen LogP contribution in [0.4, 0.5) is 32.7 Å². The van der Waals surface area contributed by atoms with Gasteiger partial charge in [-0.2, -0.15) is 9.97 Å². The highest BCUT2D eigenvalue weighted by molar-refractivity contribution is 5.93. The monoisotopic (exact) mass is 508 g/mol. The first-order valence-electron chi connectivity index (χ1n) is 12.5. The smallest absolute Gasteiger partial charge is 0.418 e. The van der Waals surface area contributed by atoms with Crippen LogP contribution in [0, 0.1) is 0 Å². The zero-order chi connectivity index (χ0) is 26.3. The molecule has 196 valence electrons. The fraction of sp³-hybridized carbons (Fsp3) is 0.480. The Morgan fingerprint density at radius 1 is 1.14 bits per heavy atom. The molecule has 1 amide bonds. The van der Waals surface area contributed by atoms with Gasteiger partial charge < -0.3 is 31.1 Å². The summed E-state index contributed by atoms with van der Waals surface area (Å²) in [5.74, 6) is 0.897. The first kappa shape index (κ1) is 24.6. The van der Waals surface area contributed by atoms with Crippen molar-refractivity contribution in [2.75, 3.05) is 22.5 Å². The van der Waals surface area contributed by atoms with E-state index in [4.69, 9.17) is 15.5 Å². The van der Waals surface area contributed by atoms with Gasteiger partial charge in [-0.15, -0.1) is 0 Å². The van der Waals surface area contributed by atoms with Gasteiger partial charge in [0.15, 0.2) is 17.0 Å². The molecule has 0 saturated heterocycles. The third kappa shape index (κ3) is 5.23. The number of anilines is 4. The van der Waals surface area contributed by atoms with Crippen molar-refractivity contribution in [2.45, 2.75) is 70.6 Å². The van der Waals surface area contributed by atoms with Gasteiger partial charge in [0.25, 0.3) is 0 Å². The van der Waals surface area contributed by atoms with Gasteiger partial charge in [-0.3, -0.25) is 0 Å². The number of hydrogen-bond acceptors (Lipinski definition) is 9. The average Bonchev–Trinajstić information content (AvgIpc) is 3.42. The van der Waals surface area contributed by atoms with Crippen molar-refractivity contribution in [2.24, 2.45) is 0 Å². The lowest BCUT2D eigenvalue weighted by molar-refractivity contribution is 0.0492. The van der Waals surface area contributed by atoms with Gasteiger partial charge in [-0.05, 0) is 76.6 Å². The van der Waals surface area contributed by atoms with Crippen LogP contribution in [0.2, 0.25) is 0 Å². The van der Waals surface area contributed by atoms with E-state index < -0.39 is 17.8 Å². The summed E-state index contributed by atoms with van der Waals surface area (Å²) in [7, 11) is 0. The van der Waals surface area contributed by atoms with Crippen LogP contribution in [0.1, 0.15) is 52.0 Å². The molecule has 1 aliphatic carbocycles. The zero-order valence-corrected chi connectivity index (χ0v) is 21.2. The Morgan fingerprint density at radius 3 is 2.57 bits per heavy atom. The minimum absolute atomic E-state index is 0.0360. The Hall–Kier alpha value is -4.09. The molecule has 0 unspecified atom stereocenters. The van der Waals surface area contributed by atoms with Crippen LogP contribution >= 0.6 is 0 Å². The summed E-state index contributed by atoms with van der Waals surface area (Å²) >= 11 is 0. The number of fused-ring (bicyclic) bond motifs is 2. The van der Waals surface area contributed by atoms with Crippen LogP contribution in [0.5, 0.6) is 0 Å². The molecule has 1 saturated carbocycles. The molecule has 1 fully saturated rings. The maximum atomic E-state index is 12.1. The van der Waals surface area contributed by atoms with Crippen LogP contribution in [0.3, 0.4) is 0 Å². The van der Waals surface area contributed by atoms with Gasteiger partial charge in [0.05, 0.1) is 0 Å². The predicted octanol–water partition coefficient (Wildman–Crippen LogP) is 3.88. The number of nitrogen functional groups attached to an aromatic ring is 1. The third-order valence-electron chi connectivity index (χ3n) is 6.62. The molecule has 2 aliphatic rings. The minimum Gasteiger partial charge on any atom is -0.464 e. The van der Waals surface area contributed by atoms with Crippen molar-refractivity contribution in [3.8, 4) is 0 Å². The standard InChI is InChI=1S/C25H32N8O4/c1-25(2,3)37-23(34)29-17-7-5-16(6-8-17)28-22-30-20(19-21(31-22)33(13-27-19)24(35)36)32-11-10-14-12-15(26)4-9-18(14)32/h4,9,12-13,16-17H,5-8,10-11,26H2,1-3H3,(H,29,34)(H,35,36)(H,28,30,31)/t16-,17-.